The van der Waals surface area contributed by atoms with Crippen LogP contribution in [-0.4, -0.2) is 22.0 Å². The first-order chi connectivity index (χ1) is 14.1. The number of carbonyl (C=O) groups is 1. The van der Waals surface area contributed by atoms with Crippen molar-refractivity contribution in [1.29, 1.82) is 0 Å². The normalized spacial score (nSPS) is 11.1. The Labute approximate surface area is 178 Å². The van der Waals surface area contributed by atoms with Crippen LogP contribution in [-0.2, 0) is 10.5 Å². The van der Waals surface area contributed by atoms with Gasteiger partial charge in [-0.1, -0.05) is 42.5 Å². The van der Waals surface area contributed by atoms with Crippen LogP contribution in [0.4, 0.5) is 0 Å². The lowest BCUT2D eigenvalue weighted by atomic mass is 10.1. The third-order valence-corrected chi connectivity index (χ3v) is 6.40. The van der Waals surface area contributed by atoms with E-state index >= 15 is 0 Å². The van der Waals surface area contributed by atoms with Gasteiger partial charge in [0.2, 0.25) is 0 Å². The molecule has 0 bridgehead atoms. The Balaban J connectivity index is 1.55. The van der Waals surface area contributed by atoms with Crippen LogP contribution in [0, 0.1) is 0 Å². The number of hydrogen-bond donors (Lipinski definition) is 0. The number of thioether (sulfide) groups is 1. The monoisotopic (exact) mass is 420 g/mol. The molecule has 29 heavy (non-hydrogen) atoms. The van der Waals surface area contributed by atoms with E-state index in [1.165, 1.54) is 10.4 Å². The first-order valence-corrected chi connectivity index (χ1v) is 11.1. The summed E-state index contributed by atoms with van der Waals surface area (Å²) in [7, 11) is 0. The molecule has 0 aliphatic carbocycles. The number of rotatable bonds is 6. The maximum absolute atomic E-state index is 12.1. The summed E-state index contributed by atoms with van der Waals surface area (Å²) in [6.07, 6.45) is 1.49. The molecule has 0 saturated heterocycles. The van der Waals surface area contributed by atoms with Gasteiger partial charge in [-0.25, -0.2) is 14.8 Å². The fourth-order valence-electron chi connectivity index (χ4n) is 2.92. The molecule has 4 nitrogen and oxygen atoms in total. The second-order valence-corrected chi connectivity index (χ2v) is 8.81. The van der Waals surface area contributed by atoms with Crippen LogP contribution in [0.15, 0.2) is 72.0 Å². The van der Waals surface area contributed by atoms with Crippen molar-refractivity contribution in [2.75, 3.05) is 0 Å². The number of ether oxygens (including phenoxy) is 1. The summed E-state index contributed by atoms with van der Waals surface area (Å²) in [5.41, 5.74) is 2.81. The lowest BCUT2D eigenvalue weighted by Crippen LogP contribution is -2.11. The summed E-state index contributed by atoms with van der Waals surface area (Å²) in [6, 6.07) is 20.0. The highest BCUT2D eigenvalue weighted by Crippen LogP contribution is 2.36. The van der Waals surface area contributed by atoms with Crippen LogP contribution in [0.5, 0.6) is 0 Å². The van der Waals surface area contributed by atoms with Crippen LogP contribution in [0.25, 0.3) is 20.7 Å². The van der Waals surface area contributed by atoms with Gasteiger partial charge in [0, 0.05) is 16.0 Å². The van der Waals surface area contributed by atoms with E-state index in [0.29, 0.717) is 11.3 Å². The van der Waals surface area contributed by atoms with Crippen molar-refractivity contribution in [1.82, 2.24) is 9.97 Å². The predicted octanol–water partition coefficient (Wildman–Crippen LogP) is 6.22. The predicted molar refractivity (Wildman–Crippen MR) is 119 cm³/mol. The minimum atomic E-state index is -0.290. The molecule has 0 saturated carbocycles. The summed E-state index contributed by atoms with van der Waals surface area (Å²) in [5.74, 6) is 0.424. The number of carbonyl (C=O) groups excluding carboxylic acids is 1. The summed E-state index contributed by atoms with van der Waals surface area (Å²) in [5, 5.41) is 2.01. The van der Waals surface area contributed by atoms with E-state index in [-0.39, 0.29) is 12.1 Å². The van der Waals surface area contributed by atoms with Crippen LogP contribution in [0.2, 0.25) is 0 Å². The number of benzene rings is 2. The Kier molecular flexibility index (Phi) is 5.92. The topological polar surface area (TPSA) is 52.1 Å². The van der Waals surface area contributed by atoms with Gasteiger partial charge in [0.05, 0.1) is 11.7 Å². The molecular formula is C23H20N2O2S2. The molecule has 0 N–H and O–H groups in total. The molecule has 0 amide bonds. The smallest absolute Gasteiger partial charge is 0.338 e. The van der Waals surface area contributed by atoms with E-state index in [4.69, 9.17) is 4.74 Å². The van der Waals surface area contributed by atoms with Gasteiger partial charge in [0.25, 0.3) is 0 Å². The molecule has 146 valence electrons. The van der Waals surface area contributed by atoms with Crippen LogP contribution < -0.4 is 0 Å². The van der Waals surface area contributed by atoms with E-state index in [2.05, 4.69) is 28.2 Å². The van der Waals surface area contributed by atoms with Crippen molar-refractivity contribution in [3.63, 3.8) is 0 Å². The molecule has 0 radical (unpaired) electrons. The first-order valence-electron chi connectivity index (χ1n) is 9.33. The third kappa shape index (κ3) is 4.66. The third-order valence-electron chi connectivity index (χ3n) is 4.23. The van der Waals surface area contributed by atoms with E-state index in [1.807, 2.05) is 50.2 Å². The zero-order chi connectivity index (χ0) is 20.2. The van der Waals surface area contributed by atoms with E-state index in [1.54, 1.807) is 35.5 Å². The fourth-order valence-corrected chi connectivity index (χ4v) is 4.90. The number of aromatic nitrogens is 2. The molecule has 6 heteroatoms. The molecule has 2 aromatic heterocycles. The summed E-state index contributed by atoms with van der Waals surface area (Å²) in [4.78, 5) is 23.2. The maximum atomic E-state index is 12.1. The lowest BCUT2D eigenvalue weighted by Gasteiger charge is -2.09. The fraction of sp³-hybridized carbons (Fsp3) is 0.174. The zero-order valence-corrected chi connectivity index (χ0v) is 17.8. The number of esters is 1. The Morgan fingerprint density at radius 2 is 1.90 bits per heavy atom. The average molecular weight is 421 g/mol. The molecule has 0 unspecified atom stereocenters. The number of fused-ring (bicyclic) bond motifs is 1. The Bertz CT molecular complexity index is 1140. The Hall–Kier alpha value is -2.70. The highest BCUT2D eigenvalue weighted by molar-refractivity contribution is 7.98. The summed E-state index contributed by atoms with van der Waals surface area (Å²) < 4.78 is 5.29. The van der Waals surface area contributed by atoms with Gasteiger partial charge in [-0.15, -0.1) is 23.1 Å². The molecule has 2 aromatic carbocycles. The second-order valence-electron chi connectivity index (χ2n) is 6.82. The van der Waals surface area contributed by atoms with E-state index in [0.717, 1.165) is 20.8 Å². The zero-order valence-electron chi connectivity index (χ0n) is 16.2. The van der Waals surface area contributed by atoms with Gasteiger partial charge in [0.1, 0.15) is 16.2 Å². The number of thiophene rings is 1. The molecule has 0 atom stereocenters. The SMILES string of the molecule is CC(C)OC(=O)c1cccc(CSc2ncnc3sc(-c4ccccc4)cc23)c1. The molecule has 4 rings (SSSR count). The minimum Gasteiger partial charge on any atom is -0.459 e. The van der Waals surface area contributed by atoms with E-state index in [9.17, 15) is 4.79 Å². The van der Waals surface area contributed by atoms with Crippen LogP contribution in [0.3, 0.4) is 0 Å². The van der Waals surface area contributed by atoms with Gasteiger partial charge >= 0.3 is 5.97 Å². The van der Waals surface area contributed by atoms with Gasteiger partial charge < -0.3 is 4.74 Å². The molecule has 0 fully saturated rings. The molecule has 0 aliphatic rings. The first kappa shape index (κ1) is 19.6. The molecule has 2 heterocycles. The van der Waals surface area contributed by atoms with Crippen LogP contribution in [0.1, 0.15) is 29.8 Å². The minimum absolute atomic E-state index is 0.132. The Morgan fingerprint density at radius 1 is 1.07 bits per heavy atom. The summed E-state index contributed by atoms with van der Waals surface area (Å²) in [6.45, 7) is 3.70. The van der Waals surface area contributed by atoms with Crippen molar-refractivity contribution in [3.8, 4) is 10.4 Å². The summed E-state index contributed by atoms with van der Waals surface area (Å²) >= 11 is 3.32. The molecular weight excluding hydrogens is 400 g/mol. The maximum Gasteiger partial charge on any atom is 0.338 e. The number of hydrogen-bond acceptors (Lipinski definition) is 6. The largest absolute Gasteiger partial charge is 0.459 e. The van der Waals surface area contributed by atoms with Crippen LogP contribution >= 0.6 is 23.1 Å². The molecule has 4 aromatic rings. The molecule has 0 aliphatic heterocycles. The van der Waals surface area contributed by atoms with Crippen molar-refractivity contribution >= 4 is 39.3 Å². The van der Waals surface area contributed by atoms with E-state index < -0.39 is 0 Å². The lowest BCUT2D eigenvalue weighted by molar-refractivity contribution is 0.0378. The standard InChI is InChI=1S/C23H20N2O2S2/c1-15(2)27-23(26)18-10-6-7-16(11-18)13-28-21-19-12-20(17-8-4-3-5-9-17)29-22(19)25-14-24-21/h3-12,14-15H,13H2,1-2H3. The van der Waals surface area contributed by atoms with Gasteiger partial charge in [0.15, 0.2) is 0 Å². The molecule has 0 spiro atoms. The number of nitrogens with zero attached hydrogens (tertiary/aromatic N) is 2. The highest BCUT2D eigenvalue weighted by atomic mass is 32.2. The van der Waals surface area contributed by atoms with Gasteiger partial charge in [-0.05, 0) is 43.2 Å². The Morgan fingerprint density at radius 3 is 2.69 bits per heavy atom. The highest BCUT2D eigenvalue weighted by Gasteiger charge is 2.12. The van der Waals surface area contributed by atoms with Crippen molar-refractivity contribution in [2.45, 2.75) is 30.7 Å². The average Bonchev–Trinajstić information content (AvgIpc) is 3.17. The van der Waals surface area contributed by atoms with Crippen molar-refractivity contribution < 1.29 is 9.53 Å². The van der Waals surface area contributed by atoms with Gasteiger partial charge in [-0.3, -0.25) is 0 Å². The van der Waals surface area contributed by atoms with Crippen molar-refractivity contribution in [2.24, 2.45) is 0 Å². The van der Waals surface area contributed by atoms with Crippen molar-refractivity contribution in [3.05, 3.63) is 78.1 Å². The van der Waals surface area contributed by atoms with Gasteiger partial charge in [-0.2, -0.15) is 0 Å². The quantitative estimate of drug-likeness (QED) is 0.211. The second kappa shape index (κ2) is 8.76.